The number of hydrogen-bond acceptors (Lipinski definition) is 2. The van der Waals surface area contributed by atoms with Crippen molar-refractivity contribution >= 4 is 17.8 Å². The van der Waals surface area contributed by atoms with E-state index in [-0.39, 0.29) is 17.4 Å². The Labute approximate surface area is 112 Å². The highest BCUT2D eigenvalue weighted by Crippen LogP contribution is 2.39. The molecular weight excluding hydrogens is 244 g/mol. The van der Waals surface area contributed by atoms with Crippen molar-refractivity contribution < 1.29 is 4.79 Å². The lowest BCUT2D eigenvalue weighted by Crippen LogP contribution is -2.56. The van der Waals surface area contributed by atoms with Crippen LogP contribution in [0.3, 0.4) is 0 Å². The lowest BCUT2D eigenvalue weighted by Gasteiger charge is -2.41. The van der Waals surface area contributed by atoms with Crippen molar-refractivity contribution in [2.75, 3.05) is 5.75 Å². The number of thioether (sulfide) groups is 1. The largest absolute Gasteiger partial charge is 0.331 e. The molecule has 0 bridgehead atoms. The van der Waals surface area contributed by atoms with E-state index in [1.807, 2.05) is 11.8 Å². The quantitative estimate of drug-likeness (QED) is 0.817. The summed E-state index contributed by atoms with van der Waals surface area (Å²) in [6.45, 7) is 2.09. The van der Waals surface area contributed by atoms with Crippen LogP contribution in [0.2, 0.25) is 0 Å². The molecule has 2 N–H and O–H groups in total. The fourth-order valence-electron chi connectivity index (χ4n) is 2.82. The molecule has 96 valence electrons. The molecule has 3 nitrogen and oxygen atoms in total. The van der Waals surface area contributed by atoms with E-state index >= 15 is 0 Å². The van der Waals surface area contributed by atoms with Crippen molar-refractivity contribution in [2.45, 2.75) is 31.2 Å². The summed E-state index contributed by atoms with van der Waals surface area (Å²) >= 11 is 1.88. The van der Waals surface area contributed by atoms with E-state index in [0.29, 0.717) is 5.92 Å². The Morgan fingerprint density at radius 1 is 1.22 bits per heavy atom. The maximum absolute atomic E-state index is 11.7. The van der Waals surface area contributed by atoms with Gasteiger partial charge in [0.05, 0.1) is 11.4 Å². The standard InChI is InChI=1S/C14H18N2OS/c1-9-4-6-10(7-5-9)12-11-3-2-8-18-13(11)16-14(17)15-12/h4-7,11-13H,2-3,8H2,1H3,(H2,15,16,17)/t11-,12-,13-/m0/s1. The second-order valence-electron chi connectivity index (χ2n) is 5.10. The van der Waals surface area contributed by atoms with E-state index in [4.69, 9.17) is 0 Å². The molecule has 3 rings (SSSR count). The molecule has 18 heavy (non-hydrogen) atoms. The molecular formula is C14H18N2OS. The van der Waals surface area contributed by atoms with Crippen LogP contribution in [0.4, 0.5) is 4.79 Å². The molecule has 3 atom stereocenters. The second kappa shape index (κ2) is 4.84. The summed E-state index contributed by atoms with van der Waals surface area (Å²) in [7, 11) is 0. The number of benzene rings is 1. The molecule has 0 aromatic heterocycles. The van der Waals surface area contributed by atoms with Crippen molar-refractivity contribution in [2.24, 2.45) is 5.92 Å². The zero-order valence-electron chi connectivity index (χ0n) is 10.5. The third-order valence-electron chi connectivity index (χ3n) is 3.79. The van der Waals surface area contributed by atoms with Crippen LogP contribution in [0.15, 0.2) is 24.3 Å². The molecule has 0 saturated carbocycles. The van der Waals surface area contributed by atoms with Gasteiger partial charge < -0.3 is 10.6 Å². The summed E-state index contributed by atoms with van der Waals surface area (Å²) in [5.41, 5.74) is 2.49. The van der Waals surface area contributed by atoms with Gasteiger partial charge in [-0.1, -0.05) is 29.8 Å². The minimum Gasteiger partial charge on any atom is -0.331 e. The van der Waals surface area contributed by atoms with Gasteiger partial charge in [0.15, 0.2) is 0 Å². The normalized spacial score (nSPS) is 31.2. The number of carbonyl (C=O) groups is 1. The summed E-state index contributed by atoms with van der Waals surface area (Å²) in [6.07, 6.45) is 2.43. The van der Waals surface area contributed by atoms with Gasteiger partial charge in [0, 0.05) is 5.92 Å². The van der Waals surface area contributed by atoms with Gasteiger partial charge in [-0.15, -0.1) is 11.8 Å². The van der Waals surface area contributed by atoms with Crippen LogP contribution in [0.25, 0.3) is 0 Å². The van der Waals surface area contributed by atoms with Gasteiger partial charge in [-0.25, -0.2) is 4.79 Å². The number of aryl methyl sites for hydroxylation is 1. The first-order valence-electron chi connectivity index (χ1n) is 6.49. The first kappa shape index (κ1) is 11.9. The van der Waals surface area contributed by atoms with Crippen LogP contribution >= 0.6 is 11.8 Å². The van der Waals surface area contributed by atoms with Gasteiger partial charge in [-0.3, -0.25) is 0 Å². The number of amides is 2. The lowest BCUT2D eigenvalue weighted by molar-refractivity contribution is 0.203. The van der Waals surface area contributed by atoms with Gasteiger partial charge in [-0.2, -0.15) is 0 Å². The molecule has 4 heteroatoms. The number of fused-ring (bicyclic) bond motifs is 1. The van der Waals surface area contributed by atoms with Crippen molar-refractivity contribution in [1.29, 1.82) is 0 Å². The van der Waals surface area contributed by atoms with Crippen molar-refractivity contribution in [3.8, 4) is 0 Å². The van der Waals surface area contributed by atoms with Crippen molar-refractivity contribution in [3.05, 3.63) is 35.4 Å². The van der Waals surface area contributed by atoms with Gasteiger partial charge >= 0.3 is 6.03 Å². The SMILES string of the molecule is Cc1ccc([C@@H]2NC(=O)N[C@H]3SCCC[C@H]32)cc1. The van der Waals surface area contributed by atoms with Crippen LogP contribution in [-0.4, -0.2) is 17.2 Å². The van der Waals surface area contributed by atoms with Crippen molar-refractivity contribution in [1.82, 2.24) is 10.6 Å². The highest BCUT2D eigenvalue weighted by Gasteiger charge is 2.38. The topological polar surface area (TPSA) is 41.1 Å². The first-order chi connectivity index (χ1) is 8.74. The molecule has 2 aliphatic heterocycles. The molecule has 2 saturated heterocycles. The zero-order chi connectivity index (χ0) is 12.5. The third-order valence-corrected chi connectivity index (χ3v) is 5.14. The predicted octanol–water partition coefficient (Wildman–Crippen LogP) is 2.82. The van der Waals surface area contributed by atoms with E-state index < -0.39 is 0 Å². The number of carbonyl (C=O) groups excluding carboxylic acids is 1. The van der Waals surface area contributed by atoms with Crippen LogP contribution in [0.5, 0.6) is 0 Å². The highest BCUT2D eigenvalue weighted by atomic mass is 32.2. The first-order valence-corrected chi connectivity index (χ1v) is 7.54. The van der Waals surface area contributed by atoms with Crippen molar-refractivity contribution in [3.63, 3.8) is 0 Å². The van der Waals surface area contributed by atoms with E-state index in [1.165, 1.54) is 24.0 Å². The Kier molecular flexibility index (Phi) is 3.20. The van der Waals surface area contributed by atoms with Crippen LogP contribution < -0.4 is 10.6 Å². The van der Waals surface area contributed by atoms with Gasteiger partial charge in [0.2, 0.25) is 0 Å². The molecule has 0 spiro atoms. The lowest BCUT2D eigenvalue weighted by atomic mass is 9.87. The molecule has 0 radical (unpaired) electrons. The molecule has 2 aliphatic rings. The summed E-state index contributed by atoms with van der Waals surface area (Å²) in [5.74, 6) is 1.66. The Hall–Kier alpha value is -1.16. The van der Waals surface area contributed by atoms with Crippen LogP contribution in [-0.2, 0) is 0 Å². The van der Waals surface area contributed by atoms with E-state index in [0.717, 1.165) is 5.75 Å². The number of rotatable bonds is 1. The molecule has 1 aromatic rings. The summed E-state index contributed by atoms with van der Waals surface area (Å²) in [6, 6.07) is 8.65. The summed E-state index contributed by atoms with van der Waals surface area (Å²) in [5, 5.41) is 6.41. The maximum atomic E-state index is 11.7. The highest BCUT2D eigenvalue weighted by molar-refractivity contribution is 7.99. The van der Waals surface area contributed by atoms with Gasteiger partial charge in [0.25, 0.3) is 0 Å². The summed E-state index contributed by atoms with van der Waals surface area (Å²) in [4.78, 5) is 11.7. The maximum Gasteiger partial charge on any atom is 0.316 e. The van der Waals surface area contributed by atoms with E-state index in [9.17, 15) is 4.79 Å². The van der Waals surface area contributed by atoms with Crippen LogP contribution in [0.1, 0.15) is 30.0 Å². The Bertz CT molecular complexity index is 446. The van der Waals surface area contributed by atoms with Crippen LogP contribution in [0, 0.1) is 12.8 Å². The fourth-order valence-corrected chi connectivity index (χ4v) is 4.14. The van der Waals surface area contributed by atoms with E-state index in [2.05, 4.69) is 41.8 Å². The minimum atomic E-state index is -0.0313. The van der Waals surface area contributed by atoms with Gasteiger partial charge in [-0.05, 0) is 31.1 Å². The average molecular weight is 262 g/mol. The Morgan fingerprint density at radius 3 is 2.78 bits per heavy atom. The van der Waals surface area contributed by atoms with E-state index in [1.54, 1.807) is 0 Å². The zero-order valence-corrected chi connectivity index (χ0v) is 11.3. The molecule has 2 fully saturated rings. The Morgan fingerprint density at radius 2 is 2.00 bits per heavy atom. The smallest absolute Gasteiger partial charge is 0.316 e. The Balaban J connectivity index is 1.88. The monoisotopic (exact) mass is 262 g/mol. The molecule has 0 unspecified atom stereocenters. The molecule has 1 aromatic carbocycles. The second-order valence-corrected chi connectivity index (χ2v) is 6.35. The molecule has 2 heterocycles. The fraction of sp³-hybridized carbons (Fsp3) is 0.500. The molecule has 0 aliphatic carbocycles. The number of hydrogen-bond donors (Lipinski definition) is 2. The molecule has 2 amide bonds. The van der Waals surface area contributed by atoms with Gasteiger partial charge in [0.1, 0.15) is 0 Å². The summed E-state index contributed by atoms with van der Waals surface area (Å²) < 4.78 is 0. The average Bonchev–Trinajstić information content (AvgIpc) is 2.38. The minimum absolute atomic E-state index is 0.0313. The predicted molar refractivity (Wildman–Crippen MR) is 74.6 cm³/mol. The number of urea groups is 1. The third kappa shape index (κ3) is 2.21. The number of nitrogens with one attached hydrogen (secondary N) is 2.